The van der Waals surface area contributed by atoms with Crippen LogP contribution in [0.2, 0.25) is 0 Å². The first kappa shape index (κ1) is 12.4. The molecule has 0 saturated heterocycles. The second-order valence-electron chi connectivity index (χ2n) is 3.63. The maximum atomic E-state index is 13.4. The zero-order valence-electron chi connectivity index (χ0n) is 9.57. The van der Waals surface area contributed by atoms with E-state index in [4.69, 9.17) is 9.15 Å². The number of furan rings is 1. The summed E-state index contributed by atoms with van der Waals surface area (Å²) in [6.07, 6.45) is 0. The average Bonchev–Trinajstić information content (AvgIpc) is 2.81. The molecule has 94 valence electrons. The Morgan fingerprint density at radius 3 is 2.78 bits per heavy atom. The lowest BCUT2D eigenvalue weighted by Gasteiger charge is -2.00. The Morgan fingerprint density at radius 2 is 2.06 bits per heavy atom. The molecule has 0 saturated carbocycles. The standard InChI is InChI=1S/C13H10F2O3/c1-17-7-8-5-6-11(18-8)13(16)9-3-2-4-10(14)12(9)15/h2-6H,7H2,1H3. The molecule has 0 N–H and O–H groups in total. The molecule has 0 unspecified atom stereocenters. The Kier molecular flexibility index (Phi) is 3.53. The van der Waals surface area contributed by atoms with Gasteiger partial charge in [0.05, 0.1) is 5.56 Å². The van der Waals surface area contributed by atoms with E-state index in [9.17, 15) is 13.6 Å². The van der Waals surface area contributed by atoms with Gasteiger partial charge >= 0.3 is 0 Å². The van der Waals surface area contributed by atoms with Gasteiger partial charge in [-0.2, -0.15) is 0 Å². The molecule has 0 amide bonds. The summed E-state index contributed by atoms with van der Waals surface area (Å²) in [5.41, 5.74) is -0.353. The smallest absolute Gasteiger partial charge is 0.231 e. The van der Waals surface area contributed by atoms with Crippen molar-refractivity contribution in [3.05, 3.63) is 59.1 Å². The van der Waals surface area contributed by atoms with Crippen LogP contribution in [0.1, 0.15) is 21.9 Å². The molecule has 2 rings (SSSR count). The molecule has 0 aliphatic carbocycles. The van der Waals surface area contributed by atoms with Crippen molar-refractivity contribution in [1.82, 2.24) is 0 Å². The molecule has 0 aliphatic rings. The van der Waals surface area contributed by atoms with Gasteiger partial charge in [0.2, 0.25) is 5.78 Å². The number of ether oxygens (including phenoxy) is 1. The van der Waals surface area contributed by atoms with Crippen molar-refractivity contribution in [3.8, 4) is 0 Å². The van der Waals surface area contributed by atoms with E-state index >= 15 is 0 Å². The van der Waals surface area contributed by atoms with Gasteiger partial charge in [-0.15, -0.1) is 0 Å². The van der Waals surface area contributed by atoms with Gasteiger partial charge in [0, 0.05) is 7.11 Å². The van der Waals surface area contributed by atoms with Crippen molar-refractivity contribution < 1.29 is 22.7 Å². The SMILES string of the molecule is COCc1ccc(C(=O)c2cccc(F)c2F)o1. The van der Waals surface area contributed by atoms with Gasteiger partial charge in [-0.1, -0.05) is 6.07 Å². The summed E-state index contributed by atoms with van der Waals surface area (Å²) in [6.45, 7) is 0.207. The monoisotopic (exact) mass is 252 g/mol. The second kappa shape index (κ2) is 5.10. The van der Waals surface area contributed by atoms with E-state index in [0.29, 0.717) is 5.76 Å². The predicted octanol–water partition coefficient (Wildman–Crippen LogP) is 2.94. The maximum absolute atomic E-state index is 13.4. The third-order valence-corrected chi connectivity index (χ3v) is 2.37. The molecule has 1 heterocycles. The average molecular weight is 252 g/mol. The molecule has 2 aromatic rings. The largest absolute Gasteiger partial charge is 0.455 e. The summed E-state index contributed by atoms with van der Waals surface area (Å²) in [5, 5.41) is 0. The first-order valence-electron chi connectivity index (χ1n) is 5.20. The van der Waals surface area contributed by atoms with Crippen LogP contribution in [-0.2, 0) is 11.3 Å². The molecular weight excluding hydrogens is 242 g/mol. The highest BCUT2D eigenvalue weighted by Gasteiger charge is 2.19. The van der Waals surface area contributed by atoms with Gasteiger partial charge < -0.3 is 9.15 Å². The van der Waals surface area contributed by atoms with Crippen molar-refractivity contribution >= 4 is 5.78 Å². The Bertz CT molecular complexity index is 575. The van der Waals surface area contributed by atoms with Crippen LogP contribution >= 0.6 is 0 Å². The summed E-state index contributed by atoms with van der Waals surface area (Å²) < 4.78 is 36.4. The lowest BCUT2D eigenvalue weighted by molar-refractivity contribution is 0.0995. The number of methoxy groups -OCH3 is 1. The normalized spacial score (nSPS) is 10.6. The van der Waals surface area contributed by atoms with Crippen molar-refractivity contribution in [2.24, 2.45) is 0 Å². The molecule has 0 atom stereocenters. The molecule has 0 radical (unpaired) electrons. The molecule has 1 aromatic heterocycles. The van der Waals surface area contributed by atoms with Gasteiger partial charge in [0.15, 0.2) is 17.4 Å². The van der Waals surface area contributed by atoms with E-state index in [1.165, 1.54) is 25.3 Å². The quantitative estimate of drug-likeness (QED) is 0.785. The van der Waals surface area contributed by atoms with E-state index in [1.54, 1.807) is 6.07 Å². The topological polar surface area (TPSA) is 39.4 Å². The first-order valence-corrected chi connectivity index (χ1v) is 5.20. The van der Waals surface area contributed by atoms with Crippen LogP contribution in [0.3, 0.4) is 0 Å². The molecule has 3 nitrogen and oxygen atoms in total. The van der Waals surface area contributed by atoms with Gasteiger partial charge in [0.25, 0.3) is 0 Å². The number of hydrogen-bond donors (Lipinski definition) is 0. The minimum absolute atomic E-state index is 0.0495. The summed E-state index contributed by atoms with van der Waals surface area (Å²) >= 11 is 0. The van der Waals surface area contributed by atoms with Crippen molar-refractivity contribution in [2.75, 3.05) is 7.11 Å². The highest BCUT2D eigenvalue weighted by atomic mass is 19.2. The van der Waals surface area contributed by atoms with E-state index < -0.39 is 17.4 Å². The van der Waals surface area contributed by atoms with E-state index in [2.05, 4.69) is 0 Å². The highest BCUT2D eigenvalue weighted by molar-refractivity contribution is 6.07. The fourth-order valence-electron chi connectivity index (χ4n) is 1.53. The summed E-state index contributed by atoms with van der Waals surface area (Å²) in [4.78, 5) is 11.9. The van der Waals surface area contributed by atoms with Gasteiger partial charge in [0.1, 0.15) is 12.4 Å². The first-order chi connectivity index (χ1) is 8.63. The third-order valence-electron chi connectivity index (χ3n) is 2.37. The Morgan fingerprint density at radius 1 is 1.28 bits per heavy atom. The highest BCUT2D eigenvalue weighted by Crippen LogP contribution is 2.18. The van der Waals surface area contributed by atoms with Crippen LogP contribution in [0.5, 0.6) is 0 Å². The molecule has 18 heavy (non-hydrogen) atoms. The lowest BCUT2D eigenvalue weighted by Crippen LogP contribution is -2.04. The Labute approximate surface area is 102 Å². The van der Waals surface area contributed by atoms with Gasteiger partial charge in [-0.3, -0.25) is 4.79 Å². The number of rotatable bonds is 4. The van der Waals surface area contributed by atoms with Crippen molar-refractivity contribution in [1.29, 1.82) is 0 Å². The van der Waals surface area contributed by atoms with Crippen LogP contribution < -0.4 is 0 Å². The maximum Gasteiger partial charge on any atom is 0.231 e. The number of hydrogen-bond acceptors (Lipinski definition) is 3. The fraction of sp³-hybridized carbons (Fsp3) is 0.154. The van der Waals surface area contributed by atoms with Crippen molar-refractivity contribution in [2.45, 2.75) is 6.61 Å². The minimum atomic E-state index is -1.17. The van der Waals surface area contributed by atoms with Crippen LogP contribution in [0.25, 0.3) is 0 Å². The summed E-state index contributed by atoms with van der Waals surface area (Å²) in [7, 11) is 1.48. The second-order valence-corrected chi connectivity index (χ2v) is 3.63. The summed E-state index contributed by atoms with van der Waals surface area (Å²) in [6, 6.07) is 6.38. The van der Waals surface area contributed by atoms with Gasteiger partial charge in [-0.05, 0) is 24.3 Å². The Hall–Kier alpha value is -2.01. The molecule has 0 spiro atoms. The molecule has 0 bridgehead atoms. The lowest BCUT2D eigenvalue weighted by atomic mass is 10.1. The minimum Gasteiger partial charge on any atom is -0.455 e. The summed E-state index contributed by atoms with van der Waals surface area (Å²) in [5.74, 6) is -2.55. The number of ketones is 1. The number of carbonyl (C=O) groups excluding carboxylic acids is 1. The zero-order valence-corrected chi connectivity index (χ0v) is 9.57. The van der Waals surface area contributed by atoms with E-state index in [1.807, 2.05) is 0 Å². The molecule has 0 fully saturated rings. The number of halogens is 2. The number of carbonyl (C=O) groups is 1. The molecule has 0 aliphatic heterocycles. The van der Waals surface area contributed by atoms with Gasteiger partial charge in [-0.25, -0.2) is 8.78 Å². The zero-order chi connectivity index (χ0) is 13.1. The van der Waals surface area contributed by atoms with Crippen LogP contribution in [-0.4, -0.2) is 12.9 Å². The van der Waals surface area contributed by atoms with Crippen molar-refractivity contribution in [3.63, 3.8) is 0 Å². The molecular formula is C13H10F2O3. The number of benzene rings is 1. The van der Waals surface area contributed by atoms with Crippen LogP contribution in [0.4, 0.5) is 8.78 Å². The fourth-order valence-corrected chi connectivity index (χ4v) is 1.53. The third kappa shape index (κ3) is 2.31. The van der Waals surface area contributed by atoms with E-state index in [0.717, 1.165) is 6.07 Å². The van der Waals surface area contributed by atoms with Crippen LogP contribution in [0, 0.1) is 11.6 Å². The molecule has 1 aromatic carbocycles. The molecule has 5 heteroatoms. The van der Waals surface area contributed by atoms with Crippen LogP contribution in [0.15, 0.2) is 34.7 Å². The predicted molar refractivity (Wildman–Crippen MR) is 59.2 cm³/mol. The Balaban J connectivity index is 2.32. The van der Waals surface area contributed by atoms with E-state index in [-0.39, 0.29) is 17.9 Å².